The quantitative estimate of drug-likeness (QED) is 0.396. The molecule has 0 amide bonds. The average molecular weight is 248 g/mol. The van der Waals surface area contributed by atoms with Crippen LogP contribution < -0.4 is 0 Å². The minimum absolute atomic E-state index is 0.0999. The second kappa shape index (κ2) is 4.87. The maximum Gasteiger partial charge on any atom is 0.306 e. The summed E-state index contributed by atoms with van der Waals surface area (Å²) in [5, 5.41) is 37.9. The highest BCUT2D eigenvalue weighted by Crippen LogP contribution is 2.30. The van der Waals surface area contributed by atoms with E-state index in [2.05, 4.69) is 0 Å². The summed E-state index contributed by atoms with van der Waals surface area (Å²) < 4.78 is 10.1. The van der Waals surface area contributed by atoms with E-state index in [0.717, 1.165) is 0 Å². The summed E-state index contributed by atoms with van der Waals surface area (Å²) in [4.78, 5) is 11.0. The maximum absolute atomic E-state index is 11.0. The zero-order chi connectivity index (χ0) is 12.6. The SMILES string of the molecule is O=C1CC(C2O[C@H](CO)[C@@H](O)[C@H](O)[C@H]2O)CO1. The first-order chi connectivity index (χ1) is 8.04. The molecule has 0 radical (unpaired) electrons. The fraction of sp³-hybridized carbons (Fsp3) is 0.900. The molecule has 7 nitrogen and oxygen atoms in total. The van der Waals surface area contributed by atoms with E-state index in [-0.39, 0.29) is 24.9 Å². The molecule has 4 N–H and O–H groups in total. The van der Waals surface area contributed by atoms with Gasteiger partial charge in [0.25, 0.3) is 0 Å². The average Bonchev–Trinajstić information content (AvgIpc) is 2.73. The van der Waals surface area contributed by atoms with Gasteiger partial charge in [-0.2, -0.15) is 0 Å². The topological polar surface area (TPSA) is 116 Å². The van der Waals surface area contributed by atoms with Crippen molar-refractivity contribution in [3.63, 3.8) is 0 Å². The predicted molar refractivity (Wildman–Crippen MR) is 52.8 cm³/mol. The number of esters is 1. The molecule has 98 valence electrons. The molecule has 2 heterocycles. The largest absolute Gasteiger partial charge is 0.465 e. The van der Waals surface area contributed by atoms with E-state index in [4.69, 9.17) is 14.6 Å². The van der Waals surface area contributed by atoms with Gasteiger partial charge in [-0.1, -0.05) is 0 Å². The van der Waals surface area contributed by atoms with E-state index >= 15 is 0 Å². The van der Waals surface area contributed by atoms with Gasteiger partial charge in [0.05, 0.1) is 25.7 Å². The Labute approximate surface area is 97.6 Å². The van der Waals surface area contributed by atoms with E-state index in [1.165, 1.54) is 0 Å². The molecular formula is C10H16O7. The van der Waals surface area contributed by atoms with Crippen LogP contribution in [-0.2, 0) is 14.3 Å². The Morgan fingerprint density at radius 1 is 1.18 bits per heavy atom. The Morgan fingerprint density at radius 2 is 1.88 bits per heavy atom. The smallest absolute Gasteiger partial charge is 0.306 e. The van der Waals surface area contributed by atoms with E-state index in [9.17, 15) is 20.1 Å². The molecule has 0 aromatic carbocycles. The Balaban J connectivity index is 2.08. The lowest BCUT2D eigenvalue weighted by Crippen LogP contribution is -2.60. The van der Waals surface area contributed by atoms with Gasteiger partial charge in [-0.3, -0.25) is 4.79 Å². The van der Waals surface area contributed by atoms with E-state index in [1.807, 2.05) is 0 Å². The molecule has 0 spiro atoms. The minimum atomic E-state index is -1.40. The van der Waals surface area contributed by atoms with E-state index in [0.29, 0.717) is 0 Å². The third kappa shape index (κ3) is 2.29. The van der Waals surface area contributed by atoms with Gasteiger partial charge in [-0.15, -0.1) is 0 Å². The first-order valence-electron chi connectivity index (χ1n) is 5.50. The van der Waals surface area contributed by atoms with Crippen molar-refractivity contribution in [3.05, 3.63) is 0 Å². The molecule has 17 heavy (non-hydrogen) atoms. The van der Waals surface area contributed by atoms with E-state index < -0.39 is 37.1 Å². The van der Waals surface area contributed by atoms with Crippen LogP contribution >= 0.6 is 0 Å². The summed E-state index contributed by atoms with van der Waals surface area (Å²) in [5.74, 6) is -0.749. The molecule has 0 aromatic heterocycles. The van der Waals surface area contributed by atoms with Crippen molar-refractivity contribution >= 4 is 5.97 Å². The number of aliphatic hydroxyl groups is 4. The fourth-order valence-corrected chi connectivity index (χ4v) is 2.26. The van der Waals surface area contributed by atoms with Gasteiger partial charge in [0, 0.05) is 5.92 Å². The van der Waals surface area contributed by atoms with Gasteiger partial charge in [-0.25, -0.2) is 0 Å². The highest BCUT2D eigenvalue weighted by molar-refractivity contribution is 5.71. The fourth-order valence-electron chi connectivity index (χ4n) is 2.26. The first kappa shape index (κ1) is 12.7. The van der Waals surface area contributed by atoms with Crippen molar-refractivity contribution in [2.24, 2.45) is 5.92 Å². The number of aliphatic hydroxyl groups excluding tert-OH is 4. The monoisotopic (exact) mass is 248 g/mol. The van der Waals surface area contributed by atoms with Crippen molar-refractivity contribution in [2.75, 3.05) is 13.2 Å². The van der Waals surface area contributed by atoms with Gasteiger partial charge in [0.2, 0.25) is 0 Å². The van der Waals surface area contributed by atoms with Crippen LogP contribution in [0.25, 0.3) is 0 Å². The standard InChI is InChI=1S/C10H16O7/c11-2-5-7(13)8(14)9(15)10(17-5)4-1-6(12)16-3-4/h4-5,7-11,13-15H,1-3H2/t4?,5-,7-,8+,9-,10?/m1/s1. The van der Waals surface area contributed by atoms with Crippen LogP contribution in [-0.4, -0.2) is 70.1 Å². The molecule has 2 rings (SSSR count). The van der Waals surface area contributed by atoms with Gasteiger partial charge in [0.15, 0.2) is 0 Å². The van der Waals surface area contributed by atoms with Crippen LogP contribution in [0.3, 0.4) is 0 Å². The summed E-state index contributed by atoms with van der Waals surface area (Å²) in [7, 11) is 0. The zero-order valence-electron chi connectivity index (χ0n) is 9.10. The number of carbonyl (C=O) groups is 1. The molecule has 7 heteroatoms. The number of ether oxygens (including phenoxy) is 2. The van der Waals surface area contributed by atoms with Crippen LogP contribution in [0.15, 0.2) is 0 Å². The molecule has 2 saturated heterocycles. The van der Waals surface area contributed by atoms with Gasteiger partial charge in [-0.05, 0) is 0 Å². The Bertz CT molecular complexity index is 292. The Hall–Kier alpha value is -0.730. The normalized spacial score (nSPS) is 46.9. The second-order valence-electron chi connectivity index (χ2n) is 4.44. The predicted octanol–water partition coefficient (Wildman–Crippen LogP) is -2.61. The number of hydrogen-bond acceptors (Lipinski definition) is 7. The summed E-state index contributed by atoms with van der Waals surface area (Å²) in [6.45, 7) is -0.357. The second-order valence-corrected chi connectivity index (χ2v) is 4.44. The molecule has 0 saturated carbocycles. The maximum atomic E-state index is 11.0. The highest BCUT2D eigenvalue weighted by Gasteiger charge is 2.48. The molecular weight excluding hydrogens is 232 g/mol. The van der Waals surface area contributed by atoms with Crippen molar-refractivity contribution in [2.45, 2.75) is 36.9 Å². The Kier molecular flexibility index (Phi) is 3.64. The molecule has 2 aliphatic heterocycles. The summed E-state index contributed by atoms with van der Waals surface area (Å²) in [6, 6.07) is 0. The van der Waals surface area contributed by atoms with Crippen molar-refractivity contribution in [1.29, 1.82) is 0 Å². The third-order valence-electron chi connectivity index (χ3n) is 3.28. The van der Waals surface area contributed by atoms with Crippen molar-refractivity contribution in [1.82, 2.24) is 0 Å². The van der Waals surface area contributed by atoms with Gasteiger partial charge >= 0.3 is 5.97 Å². The number of rotatable bonds is 2. The van der Waals surface area contributed by atoms with Gasteiger partial charge in [0.1, 0.15) is 24.4 Å². The molecule has 0 bridgehead atoms. The molecule has 0 aliphatic carbocycles. The van der Waals surface area contributed by atoms with Crippen LogP contribution in [0.4, 0.5) is 0 Å². The van der Waals surface area contributed by atoms with Crippen LogP contribution in [0.2, 0.25) is 0 Å². The summed E-state index contributed by atoms with van der Waals surface area (Å²) in [5.41, 5.74) is 0. The number of hydrogen-bond donors (Lipinski definition) is 4. The Morgan fingerprint density at radius 3 is 2.41 bits per heavy atom. The van der Waals surface area contributed by atoms with Gasteiger partial charge < -0.3 is 29.9 Å². The van der Waals surface area contributed by atoms with Crippen molar-refractivity contribution in [3.8, 4) is 0 Å². The molecule has 0 aromatic rings. The summed E-state index contributed by atoms with van der Waals surface area (Å²) >= 11 is 0. The molecule has 2 aliphatic rings. The minimum Gasteiger partial charge on any atom is -0.465 e. The molecule has 2 unspecified atom stereocenters. The lowest BCUT2D eigenvalue weighted by molar-refractivity contribution is -0.240. The molecule has 6 atom stereocenters. The van der Waals surface area contributed by atoms with Crippen molar-refractivity contribution < 1.29 is 34.7 Å². The van der Waals surface area contributed by atoms with E-state index in [1.54, 1.807) is 0 Å². The summed E-state index contributed by atoms with van der Waals surface area (Å²) in [6.07, 6.45) is -5.73. The lowest BCUT2D eigenvalue weighted by atomic mass is 9.87. The number of carbonyl (C=O) groups excluding carboxylic acids is 1. The highest BCUT2D eigenvalue weighted by atomic mass is 16.6. The third-order valence-corrected chi connectivity index (χ3v) is 3.28. The number of cyclic esters (lactones) is 1. The van der Waals surface area contributed by atoms with Crippen LogP contribution in [0.5, 0.6) is 0 Å². The first-order valence-corrected chi connectivity index (χ1v) is 5.50. The lowest BCUT2D eigenvalue weighted by Gasteiger charge is -2.41. The zero-order valence-corrected chi connectivity index (χ0v) is 9.10. The van der Waals surface area contributed by atoms with Crippen LogP contribution in [0.1, 0.15) is 6.42 Å². The molecule has 2 fully saturated rings. The van der Waals surface area contributed by atoms with Crippen LogP contribution in [0, 0.1) is 5.92 Å².